The number of nitro groups is 1. The highest BCUT2D eigenvalue weighted by Gasteiger charge is 2.28. The van der Waals surface area contributed by atoms with Gasteiger partial charge in [-0.1, -0.05) is 29.8 Å². The van der Waals surface area contributed by atoms with Crippen LogP contribution in [0.5, 0.6) is 5.75 Å². The van der Waals surface area contributed by atoms with Crippen molar-refractivity contribution in [1.29, 1.82) is 0 Å². The molecule has 3 rings (SSSR count). The Hall–Kier alpha value is -2.34. The van der Waals surface area contributed by atoms with Gasteiger partial charge in [0.15, 0.2) is 0 Å². The number of anilines is 1. The van der Waals surface area contributed by atoms with Gasteiger partial charge in [-0.3, -0.25) is 10.1 Å². The van der Waals surface area contributed by atoms with Crippen LogP contribution in [-0.2, 0) is 0 Å². The molecule has 23 heavy (non-hydrogen) atoms. The Labute approximate surface area is 138 Å². The summed E-state index contributed by atoms with van der Waals surface area (Å²) in [5.74, 6) is 1.79. The molecule has 6 nitrogen and oxygen atoms in total. The van der Waals surface area contributed by atoms with Gasteiger partial charge in [-0.15, -0.1) is 0 Å². The lowest BCUT2D eigenvalue weighted by Crippen LogP contribution is -2.21. The van der Waals surface area contributed by atoms with Crippen LogP contribution in [0.4, 0.5) is 11.5 Å². The van der Waals surface area contributed by atoms with Gasteiger partial charge in [0, 0.05) is 25.1 Å². The van der Waals surface area contributed by atoms with E-state index in [1.54, 1.807) is 7.11 Å². The van der Waals surface area contributed by atoms with E-state index in [0.717, 1.165) is 30.8 Å². The number of rotatable bonds is 4. The largest absolute Gasteiger partial charge is 0.496 e. The first kappa shape index (κ1) is 15.6. The Bertz CT molecular complexity index is 738. The van der Waals surface area contributed by atoms with E-state index in [9.17, 15) is 10.1 Å². The zero-order valence-electron chi connectivity index (χ0n) is 12.6. The van der Waals surface area contributed by atoms with Crippen LogP contribution in [0.1, 0.15) is 17.9 Å². The number of pyridine rings is 1. The van der Waals surface area contributed by atoms with Crippen LogP contribution in [0.3, 0.4) is 0 Å². The molecule has 1 atom stereocenters. The first-order valence-electron chi connectivity index (χ1n) is 7.28. The van der Waals surface area contributed by atoms with Crippen LogP contribution in [0.15, 0.2) is 36.5 Å². The van der Waals surface area contributed by atoms with Gasteiger partial charge >= 0.3 is 0 Å². The molecule has 120 valence electrons. The number of halogens is 1. The lowest BCUT2D eigenvalue weighted by atomic mass is 9.97. The third-order valence-electron chi connectivity index (χ3n) is 4.08. The molecule has 0 amide bonds. The summed E-state index contributed by atoms with van der Waals surface area (Å²) in [6.45, 7) is 1.55. The van der Waals surface area contributed by atoms with Gasteiger partial charge in [0.05, 0.1) is 17.1 Å². The van der Waals surface area contributed by atoms with Crippen LogP contribution in [0.2, 0.25) is 5.02 Å². The van der Waals surface area contributed by atoms with Crippen molar-refractivity contribution in [3.63, 3.8) is 0 Å². The molecule has 0 saturated carbocycles. The minimum atomic E-state index is -0.496. The number of hydrogen-bond donors (Lipinski definition) is 0. The minimum absolute atomic E-state index is 0.0979. The second kappa shape index (κ2) is 6.42. The fourth-order valence-electron chi connectivity index (χ4n) is 2.96. The van der Waals surface area contributed by atoms with Crippen LogP contribution in [0, 0.1) is 10.1 Å². The average Bonchev–Trinajstić information content (AvgIpc) is 3.04. The average molecular weight is 334 g/mol. The van der Waals surface area contributed by atoms with Crippen molar-refractivity contribution in [2.24, 2.45) is 0 Å². The molecule has 1 aliphatic rings. The van der Waals surface area contributed by atoms with Crippen LogP contribution < -0.4 is 9.64 Å². The van der Waals surface area contributed by atoms with E-state index < -0.39 is 4.92 Å². The molecule has 0 bridgehead atoms. The third-order valence-corrected chi connectivity index (χ3v) is 4.36. The number of benzene rings is 1. The minimum Gasteiger partial charge on any atom is -0.496 e. The summed E-state index contributed by atoms with van der Waals surface area (Å²) >= 11 is 6.17. The normalized spacial score (nSPS) is 17.3. The summed E-state index contributed by atoms with van der Waals surface area (Å²) < 4.78 is 5.43. The number of aromatic nitrogens is 1. The van der Waals surface area contributed by atoms with Crippen molar-refractivity contribution in [3.05, 3.63) is 57.2 Å². The fraction of sp³-hybridized carbons (Fsp3) is 0.312. The molecule has 7 heteroatoms. The first-order chi connectivity index (χ1) is 11.1. The van der Waals surface area contributed by atoms with Crippen LogP contribution in [-0.4, -0.2) is 30.1 Å². The Morgan fingerprint density at radius 1 is 1.43 bits per heavy atom. The summed E-state index contributed by atoms with van der Waals surface area (Å²) in [6, 6.07) is 9.31. The van der Waals surface area contributed by atoms with Gasteiger partial charge < -0.3 is 9.64 Å². The van der Waals surface area contributed by atoms with Crippen molar-refractivity contribution in [1.82, 2.24) is 4.98 Å². The topological polar surface area (TPSA) is 68.5 Å². The van der Waals surface area contributed by atoms with Crippen LogP contribution >= 0.6 is 11.6 Å². The lowest BCUT2D eigenvalue weighted by molar-refractivity contribution is -0.385. The highest BCUT2D eigenvalue weighted by molar-refractivity contribution is 6.33. The molecule has 1 aromatic heterocycles. The van der Waals surface area contributed by atoms with Crippen molar-refractivity contribution >= 4 is 23.1 Å². The maximum absolute atomic E-state index is 10.8. The summed E-state index contributed by atoms with van der Waals surface area (Å²) in [4.78, 5) is 16.5. The van der Waals surface area contributed by atoms with E-state index >= 15 is 0 Å². The molecular formula is C16H16ClN3O3. The smallest absolute Gasteiger partial charge is 0.289 e. The summed E-state index contributed by atoms with van der Waals surface area (Å²) in [7, 11) is 1.67. The Kier molecular flexibility index (Phi) is 4.34. The maximum atomic E-state index is 10.8. The van der Waals surface area contributed by atoms with Gasteiger partial charge in [0.2, 0.25) is 0 Å². The monoisotopic (exact) mass is 333 g/mol. The summed E-state index contributed by atoms with van der Waals surface area (Å²) in [5, 5.41) is 11.1. The molecular weight excluding hydrogens is 318 g/mol. The number of methoxy groups -OCH3 is 1. The second-order valence-corrected chi connectivity index (χ2v) is 5.84. The van der Waals surface area contributed by atoms with E-state index in [4.69, 9.17) is 16.3 Å². The molecule has 1 saturated heterocycles. The number of hydrogen-bond acceptors (Lipinski definition) is 5. The third kappa shape index (κ3) is 3.07. The zero-order valence-corrected chi connectivity index (χ0v) is 13.4. The Morgan fingerprint density at radius 3 is 2.91 bits per heavy atom. The maximum Gasteiger partial charge on any atom is 0.289 e. The first-order valence-corrected chi connectivity index (χ1v) is 7.65. The van der Waals surface area contributed by atoms with E-state index in [1.807, 2.05) is 18.2 Å². The highest BCUT2D eigenvalue weighted by Crippen LogP contribution is 2.37. The summed E-state index contributed by atoms with van der Waals surface area (Å²) in [5.41, 5.74) is 1.06. The quantitative estimate of drug-likeness (QED) is 0.631. The molecule has 0 spiro atoms. The molecule has 1 aliphatic heterocycles. The Morgan fingerprint density at radius 2 is 2.22 bits per heavy atom. The van der Waals surface area contributed by atoms with Crippen molar-refractivity contribution in [3.8, 4) is 5.75 Å². The van der Waals surface area contributed by atoms with Gasteiger partial charge in [0.25, 0.3) is 5.69 Å². The van der Waals surface area contributed by atoms with Gasteiger partial charge in [0.1, 0.15) is 17.8 Å². The summed E-state index contributed by atoms with van der Waals surface area (Å²) in [6.07, 6.45) is 2.20. The van der Waals surface area contributed by atoms with Crippen molar-refractivity contribution in [2.45, 2.75) is 12.3 Å². The van der Waals surface area contributed by atoms with E-state index in [2.05, 4.69) is 16.0 Å². The lowest BCUT2D eigenvalue weighted by Gasteiger charge is -2.19. The van der Waals surface area contributed by atoms with E-state index in [-0.39, 0.29) is 5.69 Å². The predicted molar refractivity (Wildman–Crippen MR) is 88.5 cm³/mol. The molecule has 0 radical (unpaired) electrons. The van der Waals surface area contributed by atoms with Gasteiger partial charge in [-0.2, -0.15) is 0 Å². The SMILES string of the molecule is COc1ccccc1C1CCN(c2ncc([N+](=O)[O-])cc2Cl)C1. The molecule has 2 heterocycles. The zero-order chi connectivity index (χ0) is 16.4. The number of para-hydroxylation sites is 1. The van der Waals surface area contributed by atoms with Gasteiger partial charge in [-0.25, -0.2) is 4.98 Å². The van der Waals surface area contributed by atoms with Crippen molar-refractivity contribution in [2.75, 3.05) is 25.1 Å². The highest BCUT2D eigenvalue weighted by atomic mass is 35.5. The Balaban J connectivity index is 1.81. The predicted octanol–water partition coefficient (Wildman–Crippen LogP) is 3.65. The molecule has 1 fully saturated rings. The van der Waals surface area contributed by atoms with Crippen molar-refractivity contribution < 1.29 is 9.66 Å². The van der Waals surface area contributed by atoms with Gasteiger partial charge in [-0.05, 0) is 18.1 Å². The standard InChI is InChI=1S/C16H16ClN3O3/c1-23-15-5-3-2-4-13(15)11-6-7-19(10-11)16-14(17)8-12(9-18-16)20(21)22/h2-5,8-9,11H,6-7,10H2,1H3. The van der Waals surface area contributed by atoms with Crippen LogP contribution in [0.25, 0.3) is 0 Å². The molecule has 0 N–H and O–H groups in total. The fourth-order valence-corrected chi connectivity index (χ4v) is 3.24. The molecule has 2 aromatic rings. The molecule has 0 aliphatic carbocycles. The van der Waals surface area contributed by atoms with E-state index in [0.29, 0.717) is 16.8 Å². The number of ether oxygens (including phenoxy) is 1. The molecule has 1 aromatic carbocycles. The number of nitrogens with zero attached hydrogens (tertiary/aromatic N) is 3. The van der Waals surface area contributed by atoms with E-state index in [1.165, 1.54) is 12.3 Å². The molecule has 1 unspecified atom stereocenters. The second-order valence-electron chi connectivity index (χ2n) is 5.43.